The standard InChI is InChI=1S/C17H20FNO2/c1-10-7-12(18)8-11(2)16(10)17(19)14-9-13(20-3)5-6-15(14)21-4/h5-9,17H,19H2,1-4H3. The maximum atomic E-state index is 13.5. The summed E-state index contributed by atoms with van der Waals surface area (Å²) >= 11 is 0. The molecule has 0 saturated heterocycles. The Balaban J connectivity index is 2.56. The monoisotopic (exact) mass is 289 g/mol. The Labute approximate surface area is 124 Å². The van der Waals surface area contributed by atoms with Crippen LogP contribution >= 0.6 is 0 Å². The average molecular weight is 289 g/mol. The predicted octanol–water partition coefficient (Wildman–Crippen LogP) is 3.51. The number of hydrogen-bond acceptors (Lipinski definition) is 3. The molecule has 0 bridgehead atoms. The van der Waals surface area contributed by atoms with E-state index in [4.69, 9.17) is 15.2 Å². The van der Waals surface area contributed by atoms with Gasteiger partial charge < -0.3 is 15.2 Å². The smallest absolute Gasteiger partial charge is 0.124 e. The summed E-state index contributed by atoms with van der Waals surface area (Å²) in [7, 11) is 3.20. The van der Waals surface area contributed by atoms with E-state index in [1.165, 1.54) is 12.1 Å². The molecular weight excluding hydrogens is 269 g/mol. The molecule has 112 valence electrons. The molecule has 0 amide bonds. The largest absolute Gasteiger partial charge is 0.497 e. The van der Waals surface area contributed by atoms with E-state index in [2.05, 4.69) is 0 Å². The third-order valence-electron chi connectivity index (χ3n) is 3.64. The molecule has 1 unspecified atom stereocenters. The number of rotatable bonds is 4. The molecule has 0 saturated carbocycles. The van der Waals surface area contributed by atoms with E-state index in [1.807, 2.05) is 32.0 Å². The van der Waals surface area contributed by atoms with Crippen LogP contribution < -0.4 is 15.2 Å². The summed E-state index contributed by atoms with van der Waals surface area (Å²) in [6.45, 7) is 3.72. The van der Waals surface area contributed by atoms with Gasteiger partial charge in [-0.05, 0) is 60.9 Å². The van der Waals surface area contributed by atoms with Gasteiger partial charge in [0.15, 0.2) is 0 Å². The van der Waals surface area contributed by atoms with Gasteiger partial charge in [0.05, 0.1) is 20.3 Å². The SMILES string of the molecule is COc1ccc(OC)c(C(N)c2c(C)cc(F)cc2C)c1. The lowest BCUT2D eigenvalue weighted by molar-refractivity contribution is 0.397. The normalized spacial score (nSPS) is 12.1. The molecule has 0 radical (unpaired) electrons. The average Bonchev–Trinajstić information content (AvgIpc) is 2.45. The maximum absolute atomic E-state index is 13.5. The first-order valence-corrected chi connectivity index (χ1v) is 6.72. The van der Waals surface area contributed by atoms with Crippen LogP contribution in [0.2, 0.25) is 0 Å². The molecule has 0 aromatic heterocycles. The van der Waals surface area contributed by atoms with E-state index >= 15 is 0 Å². The van der Waals surface area contributed by atoms with Gasteiger partial charge in [0.25, 0.3) is 0 Å². The fourth-order valence-corrected chi connectivity index (χ4v) is 2.65. The van der Waals surface area contributed by atoms with Crippen LogP contribution in [0.15, 0.2) is 30.3 Å². The molecule has 0 aliphatic carbocycles. The number of hydrogen-bond donors (Lipinski definition) is 1. The maximum Gasteiger partial charge on any atom is 0.124 e. The van der Waals surface area contributed by atoms with Crippen molar-refractivity contribution in [3.05, 3.63) is 58.4 Å². The Morgan fingerprint density at radius 3 is 2.14 bits per heavy atom. The number of ether oxygens (including phenoxy) is 2. The van der Waals surface area contributed by atoms with Crippen molar-refractivity contribution in [1.29, 1.82) is 0 Å². The number of benzene rings is 2. The van der Waals surface area contributed by atoms with Crippen LogP contribution in [-0.2, 0) is 0 Å². The molecule has 0 fully saturated rings. The highest BCUT2D eigenvalue weighted by Crippen LogP contribution is 2.34. The van der Waals surface area contributed by atoms with E-state index in [-0.39, 0.29) is 5.82 Å². The molecular formula is C17H20FNO2. The van der Waals surface area contributed by atoms with Crippen molar-refractivity contribution in [2.75, 3.05) is 14.2 Å². The third kappa shape index (κ3) is 3.00. The van der Waals surface area contributed by atoms with Crippen molar-refractivity contribution in [2.45, 2.75) is 19.9 Å². The van der Waals surface area contributed by atoms with Crippen LogP contribution in [0.25, 0.3) is 0 Å². The summed E-state index contributed by atoms with van der Waals surface area (Å²) in [5, 5.41) is 0. The van der Waals surface area contributed by atoms with Crippen molar-refractivity contribution >= 4 is 0 Å². The lowest BCUT2D eigenvalue weighted by Crippen LogP contribution is -2.16. The summed E-state index contributed by atoms with van der Waals surface area (Å²) in [4.78, 5) is 0. The molecule has 0 spiro atoms. The lowest BCUT2D eigenvalue weighted by Gasteiger charge is -2.21. The van der Waals surface area contributed by atoms with Crippen LogP contribution in [0.4, 0.5) is 4.39 Å². The van der Waals surface area contributed by atoms with Crippen LogP contribution in [0, 0.1) is 19.7 Å². The van der Waals surface area contributed by atoms with Crippen LogP contribution in [0.1, 0.15) is 28.3 Å². The first-order chi connectivity index (χ1) is 9.97. The molecule has 0 aliphatic rings. The van der Waals surface area contributed by atoms with Gasteiger partial charge >= 0.3 is 0 Å². The van der Waals surface area contributed by atoms with Crippen molar-refractivity contribution in [3.63, 3.8) is 0 Å². The van der Waals surface area contributed by atoms with Crippen LogP contribution in [-0.4, -0.2) is 14.2 Å². The van der Waals surface area contributed by atoms with E-state index in [0.29, 0.717) is 11.5 Å². The number of aryl methyl sites for hydroxylation is 2. The molecule has 3 nitrogen and oxygen atoms in total. The summed E-state index contributed by atoms with van der Waals surface area (Å²) in [5.74, 6) is 1.14. The molecule has 0 heterocycles. The highest BCUT2D eigenvalue weighted by Gasteiger charge is 2.19. The Kier molecular flexibility index (Phi) is 4.48. The molecule has 21 heavy (non-hydrogen) atoms. The molecule has 2 aromatic carbocycles. The predicted molar refractivity (Wildman–Crippen MR) is 81.5 cm³/mol. The molecule has 2 rings (SSSR count). The minimum absolute atomic E-state index is 0.251. The van der Waals surface area contributed by atoms with Crippen LogP contribution in [0.3, 0.4) is 0 Å². The summed E-state index contributed by atoms with van der Waals surface area (Å²) in [5.41, 5.74) is 9.78. The van der Waals surface area contributed by atoms with Gasteiger partial charge in [-0.25, -0.2) is 4.39 Å². The molecule has 2 aromatic rings. The first-order valence-electron chi connectivity index (χ1n) is 6.72. The Morgan fingerprint density at radius 1 is 1.00 bits per heavy atom. The molecule has 0 aliphatic heterocycles. The Bertz CT molecular complexity index is 632. The highest BCUT2D eigenvalue weighted by atomic mass is 19.1. The van der Waals surface area contributed by atoms with Gasteiger partial charge in [-0.3, -0.25) is 0 Å². The molecule has 1 atom stereocenters. The second-order valence-corrected chi connectivity index (χ2v) is 5.04. The van der Waals surface area contributed by atoms with Gasteiger partial charge in [0.2, 0.25) is 0 Å². The Hall–Kier alpha value is -2.07. The second kappa shape index (κ2) is 6.14. The summed E-state index contributed by atoms with van der Waals surface area (Å²) in [6.07, 6.45) is 0. The lowest BCUT2D eigenvalue weighted by atomic mass is 9.91. The second-order valence-electron chi connectivity index (χ2n) is 5.04. The van der Waals surface area contributed by atoms with Gasteiger partial charge in [0, 0.05) is 5.56 Å². The van der Waals surface area contributed by atoms with Crippen LogP contribution in [0.5, 0.6) is 11.5 Å². The van der Waals surface area contributed by atoms with E-state index in [9.17, 15) is 4.39 Å². The molecule has 2 N–H and O–H groups in total. The first kappa shape index (κ1) is 15.3. The topological polar surface area (TPSA) is 44.5 Å². The number of methoxy groups -OCH3 is 2. The van der Waals surface area contributed by atoms with Gasteiger partial charge in [0.1, 0.15) is 17.3 Å². The van der Waals surface area contributed by atoms with Gasteiger partial charge in [-0.2, -0.15) is 0 Å². The summed E-state index contributed by atoms with van der Waals surface area (Å²) in [6, 6.07) is 8.08. The van der Waals surface area contributed by atoms with Gasteiger partial charge in [-0.15, -0.1) is 0 Å². The Morgan fingerprint density at radius 2 is 1.62 bits per heavy atom. The van der Waals surface area contributed by atoms with Gasteiger partial charge in [-0.1, -0.05) is 0 Å². The van der Waals surface area contributed by atoms with Crippen molar-refractivity contribution < 1.29 is 13.9 Å². The minimum atomic E-state index is -0.407. The quantitative estimate of drug-likeness (QED) is 0.936. The van der Waals surface area contributed by atoms with Crippen molar-refractivity contribution in [1.82, 2.24) is 0 Å². The molecule has 4 heteroatoms. The number of nitrogens with two attached hydrogens (primary N) is 1. The van der Waals surface area contributed by atoms with E-state index in [0.717, 1.165) is 22.3 Å². The zero-order valence-electron chi connectivity index (χ0n) is 12.7. The minimum Gasteiger partial charge on any atom is -0.497 e. The fraction of sp³-hybridized carbons (Fsp3) is 0.294. The fourth-order valence-electron chi connectivity index (χ4n) is 2.65. The zero-order chi connectivity index (χ0) is 15.6. The zero-order valence-corrected chi connectivity index (χ0v) is 12.7. The van der Waals surface area contributed by atoms with Crippen molar-refractivity contribution in [3.8, 4) is 11.5 Å². The highest BCUT2D eigenvalue weighted by molar-refractivity contribution is 5.49. The summed E-state index contributed by atoms with van der Waals surface area (Å²) < 4.78 is 24.1. The third-order valence-corrected chi connectivity index (χ3v) is 3.64. The number of halogens is 1. The van der Waals surface area contributed by atoms with E-state index in [1.54, 1.807) is 14.2 Å². The van der Waals surface area contributed by atoms with Crippen molar-refractivity contribution in [2.24, 2.45) is 5.73 Å². The van der Waals surface area contributed by atoms with E-state index < -0.39 is 6.04 Å².